The van der Waals surface area contributed by atoms with Gasteiger partial charge in [-0.25, -0.2) is 0 Å². The standard InChI is InChI=1S/C13H19IN4O2/c1-13(2,3)6-9(19)17-4-5-18-8(7-17)10(12(15)20)11(14)16-18/h4-7H2,1-3H3,(H2,15,20). The molecule has 1 aliphatic heterocycles. The van der Waals surface area contributed by atoms with Gasteiger partial charge >= 0.3 is 0 Å². The van der Waals surface area contributed by atoms with Crippen molar-refractivity contribution < 1.29 is 9.59 Å². The Morgan fingerprint density at radius 2 is 2.00 bits per heavy atom. The van der Waals surface area contributed by atoms with E-state index in [0.29, 0.717) is 35.3 Å². The van der Waals surface area contributed by atoms with Gasteiger partial charge in [-0.15, -0.1) is 0 Å². The lowest BCUT2D eigenvalue weighted by atomic mass is 9.91. The lowest BCUT2D eigenvalue weighted by Crippen LogP contribution is -2.40. The normalized spacial score (nSPS) is 15.1. The Bertz CT molecular complexity index is 559. The van der Waals surface area contributed by atoms with Gasteiger partial charge < -0.3 is 10.6 Å². The van der Waals surface area contributed by atoms with Crippen molar-refractivity contribution in [2.24, 2.45) is 11.1 Å². The minimum absolute atomic E-state index is 0.0459. The molecular formula is C13H19IN4O2. The summed E-state index contributed by atoms with van der Waals surface area (Å²) in [5, 5.41) is 4.31. The number of carbonyl (C=O) groups is 2. The fourth-order valence-corrected chi connectivity index (χ4v) is 3.15. The molecule has 0 unspecified atom stereocenters. The van der Waals surface area contributed by atoms with E-state index in [2.05, 4.69) is 5.10 Å². The molecule has 0 bridgehead atoms. The molecular weight excluding hydrogens is 371 g/mol. The first-order valence-electron chi connectivity index (χ1n) is 6.52. The van der Waals surface area contributed by atoms with Crippen LogP contribution in [0.5, 0.6) is 0 Å². The van der Waals surface area contributed by atoms with E-state index in [9.17, 15) is 9.59 Å². The summed E-state index contributed by atoms with van der Waals surface area (Å²) in [4.78, 5) is 25.6. The number of hydrogen-bond acceptors (Lipinski definition) is 3. The summed E-state index contributed by atoms with van der Waals surface area (Å²) < 4.78 is 2.39. The molecule has 7 heteroatoms. The molecule has 0 saturated heterocycles. The van der Waals surface area contributed by atoms with E-state index in [1.165, 1.54) is 0 Å². The lowest BCUT2D eigenvalue weighted by molar-refractivity contribution is -0.134. The summed E-state index contributed by atoms with van der Waals surface area (Å²) in [5.74, 6) is -0.379. The van der Waals surface area contributed by atoms with Gasteiger partial charge in [0.1, 0.15) is 3.70 Å². The second-order valence-corrected chi connectivity index (χ2v) is 7.27. The molecule has 0 fully saturated rings. The largest absolute Gasteiger partial charge is 0.365 e. The number of nitrogens with zero attached hydrogens (tertiary/aromatic N) is 3. The van der Waals surface area contributed by atoms with E-state index >= 15 is 0 Å². The molecule has 2 amide bonds. The molecule has 0 saturated carbocycles. The maximum Gasteiger partial charge on any atom is 0.253 e. The van der Waals surface area contributed by atoms with Crippen LogP contribution < -0.4 is 5.73 Å². The molecule has 0 aliphatic carbocycles. The molecule has 1 aromatic rings. The number of hydrogen-bond donors (Lipinski definition) is 1. The van der Waals surface area contributed by atoms with Crippen LogP contribution in [0.3, 0.4) is 0 Å². The van der Waals surface area contributed by atoms with Crippen molar-refractivity contribution in [1.29, 1.82) is 0 Å². The van der Waals surface area contributed by atoms with E-state index in [0.717, 1.165) is 5.69 Å². The number of halogens is 1. The highest BCUT2D eigenvalue weighted by atomic mass is 127. The number of fused-ring (bicyclic) bond motifs is 1. The summed E-state index contributed by atoms with van der Waals surface area (Å²) in [6, 6.07) is 0. The van der Waals surface area contributed by atoms with Crippen molar-refractivity contribution in [3.63, 3.8) is 0 Å². The Morgan fingerprint density at radius 3 is 2.55 bits per heavy atom. The summed E-state index contributed by atoms with van der Waals surface area (Å²) in [6.07, 6.45) is 0.490. The van der Waals surface area contributed by atoms with E-state index in [1.54, 1.807) is 9.58 Å². The molecule has 2 heterocycles. The smallest absolute Gasteiger partial charge is 0.253 e. The van der Waals surface area contributed by atoms with Crippen LogP contribution >= 0.6 is 22.6 Å². The average Bonchev–Trinajstić information content (AvgIpc) is 2.61. The van der Waals surface area contributed by atoms with E-state index in [1.807, 2.05) is 43.4 Å². The van der Waals surface area contributed by atoms with Crippen LogP contribution in [0.25, 0.3) is 0 Å². The first-order chi connectivity index (χ1) is 9.19. The quantitative estimate of drug-likeness (QED) is 0.775. The molecule has 0 atom stereocenters. The minimum Gasteiger partial charge on any atom is -0.365 e. The third kappa shape index (κ3) is 3.13. The van der Waals surface area contributed by atoms with Crippen LogP contribution in [0.4, 0.5) is 0 Å². The molecule has 0 spiro atoms. The number of rotatable bonds is 2. The summed E-state index contributed by atoms with van der Waals surface area (Å²) >= 11 is 2.01. The van der Waals surface area contributed by atoms with Crippen LogP contribution in [-0.2, 0) is 17.9 Å². The van der Waals surface area contributed by atoms with Gasteiger partial charge in [-0.05, 0) is 28.0 Å². The zero-order chi connectivity index (χ0) is 15.1. The highest BCUT2D eigenvalue weighted by Crippen LogP contribution is 2.24. The first kappa shape index (κ1) is 15.3. The fourth-order valence-electron chi connectivity index (χ4n) is 2.31. The van der Waals surface area contributed by atoms with Crippen molar-refractivity contribution in [3.8, 4) is 0 Å². The zero-order valence-corrected chi connectivity index (χ0v) is 14.1. The number of amides is 2. The minimum atomic E-state index is -0.485. The van der Waals surface area contributed by atoms with Gasteiger partial charge in [-0.2, -0.15) is 5.10 Å². The fraction of sp³-hybridized carbons (Fsp3) is 0.615. The van der Waals surface area contributed by atoms with Crippen molar-refractivity contribution in [1.82, 2.24) is 14.7 Å². The van der Waals surface area contributed by atoms with Crippen LogP contribution in [0.1, 0.15) is 43.2 Å². The predicted octanol–water partition coefficient (Wildman–Crippen LogP) is 1.36. The van der Waals surface area contributed by atoms with Gasteiger partial charge in [-0.3, -0.25) is 14.3 Å². The molecule has 2 N–H and O–H groups in total. The van der Waals surface area contributed by atoms with Crippen LogP contribution in [0, 0.1) is 9.12 Å². The Labute approximate surface area is 131 Å². The van der Waals surface area contributed by atoms with Crippen LogP contribution in [0.2, 0.25) is 0 Å². The highest BCUT2D eigenvalue weighted by molar-refractivity contribution is 14.1. The highest BCUT2D eigenvalue weighted by Gasteiger charge is 2.29. The Morgan fingerprint density at radius 1 is 1.35 bits per heavy atom. The summed E-state index contributed by atoms with van der Waals surface area (Å²) in [5.41, 5.74) is 6.55. The molecule has 1 aromatic heterocycles. The maximum atomic E-state index is 12.3. The lowest BCUT2D eigenvalue weighted by Gasteiger charge is -2.30. The van der Waals surface area contributed by atoms with E-state index in [-0.39, 0.29) is 11.3 Å². The second-order valence-electron chi connectivity index (χ2n) is 6.25. The van der Waals surface area contributed by atoms with E-state index in [4.69, 9.17) is 5.73 Å². The number of aromatic nitrogens is 2. The van der Waals surface area contributed by atoms with Crippen LogP contribution in [-0.4, -0.2) is 33.0 Å². The third-order valence-corrected chi connectivity index (χ3v) is 3.97. The van der Waals surface area contributed by atoms with Gasteiger partial charge in [0, 0.05) is 13.0 Å². The van der Waals surface area contributed by atoms with Gasteiger partial charge in [0.15, 0.2) is 0 Å². The van der Waals surface area contributed by atoms with Gasteiger partial charge in [-0.1, -0.05) is 20.8 Å². The van der Waals surface area contributed by atoms with E-state index < -0.39 is 5.91 Å². The molecule has 0 radical (unpaired) electrons. The number of primary amides is 1. The van der Waals surface area contributed by atoms with Crippen molar-refractivity contribution in [2.75, 3.05) is 6.54 Å². The number of nitrogens with two attached hydrogens (primary N) is 1. The van der Waals surface area contributed by atoms with Crippen molar-refractivity contribution in [2.45, 2.75) is 40.3 Å². The molecule has 1 aliphatic rings. The second kappa shape index (κ2) is 5.34. The molecule has 6 nitrogen and oxygen atoms in total. The molecule has 20 heavy (non-hydrogen) atoms. The first-order valence-corrected chi connectivity index (χ1v) is 7.59. The van der Waals surface area contributed by atoms with Gasteiger partial charge in [0.25, 0.3) is 5.91 Å². The zero-order valence-electron chi connectivity index (χ0n) is 11.9. The number of carbonyl (C=O) groups excluding carboxylic acids is 2. The molecule has 2 rings (SSSR count). The predicted molar refractivity (Wildman–Crippen MR) is 83.0 cm³/mol. The Hall–Kier alpha value is -1.12. The Balaban J connectivity index is 2.22. The SMILES string of the molecule is CC(C)(C)CC(=O)N1CCn2nc(I)c(C(N)=O)c2C1. The molecule has 0 aromatic carbocycles. The van der Waals surface area contributed by atoms with Gasteiger partial charge in [0.2, 0.25) is 5.91 Å². The third-order valence-electron chi connectivity index (χ3n) is 3.22. The average molecular weight is 390 g/mol. The summed E-state index contributed by atoms with van der Waals surface area (Å²) in [7, 11) is 0. The topological polar surface area (TPSA) is 81.2 Å². The monoisotopic (exact) mass is 390 g/mol. The van der Waals surface area contributed by atoms with Gasteiger partial charge in [0.05, 0.1) is 24.3 Å². The summed E-state index contributed by atoms with van der Waals surface area (Å²) in [6.45, 7) is 7.75. The van der Waals surface area contributed by atoms with Crippen molar-refractivity contribution in [3.05, 3.63) is 15.0 Å². The molecule has 110 valence electrons. The Kier molecular flexibility index (Phi) is 4.08. The van der Waals surface area contributed by atoms with Crippen molar-refractivity contribution >= 4 is 34.4 Å². The van der Waals surface area contributed by atoms with Crippen LogP contribution in [0.15, 0.2) is 0 Å². The maximum absolute atomic E-state index is 12.3.